The zero-order chi connectivity index (χ0) is 14.0. The minimum absolute atomic E-state index is 0.0778. The number of nitro benzene ring substituents is 1. The molecule has 2 rings (SSSR count). The monoisotopic (exact) mass is 264 g/mol. The molecule has 0 amide bonds. The van der Waals surface area contributed by atoms with E-state index in [2.05, 4.69) is 0 Å². The number of Topliss-reactive ketones (excluding diaryl/α,β-unsaturated/α-hetero) is 1. The van der Waals surface area contributed by atoms with E-state index in [1.807, 2.05) is 4.90 Å². The number of benzene rings is 1. The largest absolute Gasteiger partial charge is 0.393 e. The highest BCUT2D eigenvalue weighted by Crippen LogP contribution is 2.28. The van der Waals surface area contributed by atoms with Gasteiger partial charge in [-0.3, -0.25) is 14.9 Å². The van der Waals surface area contributed by atoms with E-state index in [1.165, 1.54) is 19.1 Å². The van der Waals surface area contributed by atoms with Crippen LogP contribution in [0.15, 0.2) is 18.2 Å². The molecule has 1 saturated heterocycles. The summed E-state index contributed by atoms with van der Waals surface area (Å²) in [5.74, 6) is -0.190. The molecular formula is C13H16N2O4. The molecule has 0 saturated carbocycles. The zero-order valence-electron chi connectivity index (χ0n) is 10.7. The van der Waals surface area contributed by atoms with Gasteiger partial charge in [0.2, 0.25) is 0 Å². The highest BCUT2D eigenvalue weighted by Gasteiger charge is 2.22. The van der Waals surface area contributed by atoms with Gasteiger partial charge in [-0.1, -0.05) is 0 Å². The predicted octanol–water partition coefficient (Wildman–Crippen LogP) is 1.76. The number of carbonyl (C=O) groups excluding carboxylic acids is 1. The molecule has 0 unspecified atom stereocenters. The Hall–Kier alpha value is -1.95. The van der Waals surface area contributed by atoms with Crippen LogP contribution in [0.2, 0.25) is 0 Å². The number of non-ortho nitro benzene ring substituents is 1. The van der Waals surface area contributed by atoms with E-state index >= 15 is 0 Å². The predicted molar refractivity (Wildman–Crippen MR) is 70.6 cm³/mol. The van der Waals surface area contributed by atoms with Crippen LogP contribution in [-0.2, 0) is 0 Å². The van der Waals surface area contributed by atoms with E-state index in [0.29, 0.717) is 37.2 Å². The molecule has 1 fully saturated rings. The molecule has 19 heavy (non-hydrogen) atoms. The first kappa shape index (κ1) is 13.5. The number of hydrogen-bond donors (Lipinski definition) is 1. The lowest BCUT2D eigenvalue weighted by Crippen LogP contribution is -2.36. The number of aliphatic hydroxyl groups excluding tert-OH is 1. The van der Waals surface area contributed by atoms with Crippen molar-refractivity contribution in [3.05, 3.63) is 33.9 Å². The molecule has 0 bridgehead atoms. The molecule has 1 aliphatic rings. The fourth-order valence-corrected chi connectivity index (χ4v) is 2.30. The van der Waals surface area contributed by atoms with Crippen molar-refractivity contribution >= 4 is 17.2 Å². The number of rotatable bonds is 3. The van der Waals surface area contributed by atoms with Crippen LogP contribution in [0, 0.1) is 10.1 Å². The van der Waals surface area contributed by atoms with Crippen molar-refractivity contribution in [3.63, 3.8) is 0 Å². The molecule has 6 heteroatoms. The summed E-state index contributed by atoms with van der Waals surface area (Å²) in [6.07, 6.45) is 0.998. The maximum Gasteiger partial charge on any atom is 0.270 e. The van der Waals surface area contributed by atoms with Crippen LogP contribution >= 0.6 is 0 Å². The normalized spacial score (nSPS) is 16.4. The van der Waals surface area contributed by atoms with Crippen LogP contribution in [0.5, 0.6) is 0 Å². The maximum absolute atomic E-state index is 11.6. The molecule has 1 aromatic carbocycles. The lowest BCUT2D eigenvalue weighted by Gasteiger charge is -2.32. The molecule has 0 aliphatic carbocycles. The van der Waals surface area contributed by atoms with E-state index in [-0.39, 0.29) is 17.6 Å². The molecule has 1 aliphatic heterocycles. The van der Waals surface area contributed by atoms with Gasteiger partial charge in [0.05, 0.1) is 11.0 Å². The number of hydrogen-bond acceptors (Lipinski definition) is 5. The van der Waals surface area contributed by atoms with Crippen LogP contribution in [0.25, 0.3) is 0 Å². The van der Waals surface area contributed by atoms with E-state index in [9.17, 15) is 20.0 Å². The molecular weight excluding hydrogens is 248 g/mol. The minimum Gasteiger partial charge on any atom is -0.393 e. The number of nitro groups is 1. The molecule has 6 nitrogen and oxygen atoms in total. The Bertz CT molecular complexity index is 507. The second kappa shape index (κ2) is 5.36. The van der Waals surface area contributed by atoms with Crippen LogP contribution in [0.3, 0.4) is 0 Å². The van der Waals surface area contributed by atoms with Crippen LogP contribution < -0.4 is 4.90 Å². The van der Waals surface area contributed by atoms with Crippen molar-refractivity contribution in [2.75, 3.05) is 18.0 Å². The van der Waals surface area contributed by atoms with Gasteiger partial charge in [-0.15, -0.1) is 0 Å². The van der Waals surface area contributed by atoms with Crippen LogP contribution in [0.4, 0.5) is 11.4 Å². The number of aliphatic hydroxyl groups is 1. The van der Waals surface area contributed by atoms with Gasteiger partial charge in [0, 0.05) is 36.5 Å². The van der Waals surface area contributed by atoms with Gasteiger partial charge in [0.1, 0.15) is 0 Å². The first-order valence-corrected chi connectivity index (χ1v) is 6.21. The number of piperidine rings is 1. The number of nitrogens with zero attached hydrogens (tertiary/aromatic N) is 2. The van der Waals surface area contributed by atoms with Gasteiger partial charge in [-0.05, 0) is 25.8 Å². The lowest BCUT2D eigenvalue weighted by molar-refractivity contribution is -0.384. The van der Waals surface area contributed by atoms with E-state index < -0.39 is 4.92 Å². The maximum atomic E-state index is 11.6. The summed E-state index contributed by atoms with van der Waals surface area (Å²) >= 11 is 0. The lowest BCUT2D eigenvalue weighted by atomic mass is 10.0. The van der Waals surface area contributed by atoms with Crippen molar-refractivity contribution in [2.24, 2.45) is 0 Å². The Balaban J connectivity index is 2.34. The van der Waals surface area contributed by atoms with Gasteiger partial charge < -0.3 is 10.0 Å². The van der Waals surface area contributed by atoms with Gasteiger partial charge in [0.25, 0.3) is 5.69 Å². The molecule has 0 spiro atoms. The van der Waals surface area contributed by atoms with Crippen LogP contribution in [0.1, 0.15) is 30.1 Å². The number of carbonyl (C=O) groups is 1. The summed E-state index contributed by atoms with van der Waals surface area (Å²) in [5, 5.41) is 20.2. The SMILES string of the molecule is CC(=O)c1cc([N+](=O)[O-])ccc1N1CCC(O)CC1. The molecule has 102 valence electrons. The fourth-order valence-electron chi connectivity index (χ4n) is 2.30. The Labute approximate surface area is 110 Å². The second-order valence-corrected chi connectivity index (χ2v) is 4.73. The molecule has 1 aromatic rings. The molecule has 0 aromatic heterocycles. The molecule has 1 N–H and O–H groups in total. The van der Waals surface area contributed by atoms with Gasteiger partial charge in [0.15, 0.2) is 5.78 Å². The van der Waals surface area contributed by atoms with Crippen molar-refractivity contribution in [2.45, 2.75) is 25.9 Å². The summed E-state index contributed by atoms with van der Waals surface area (Å²) in [5.41, 5.74) is 1.00. The van der Waals surface area contributed by atoms with Crippen molar-refractivity contribution in [1.82, 2.24) is 0 Å². The summed E-state index contributed by atoms with van der Waals surface area (Å²) in [4.78, 5) is 23.9. The molecule has 0 atom stereocenters. The Morgan fingerprint density at radius 1 is 1.42 bits per heavy atom. The van der Waals surface area contributed by atoms with Gasteiger partial charge >= 0.3 is 0 Å². The summed E-state index contributed by atoms with van der Waals surface area (Å²) in [7, 11) is 0. The van der Waals surface area contributed by atoms with Crippen LogP contribution in [-0.4, -0.2) is 35.0 Å². The van der Waals surface area contributed by atoms with Crippen molar-refractivity contribution in [3.8, 4) is 0 Å². The molecule has 1 heterocycles. The third kappa shape index (κ3) is 2.90. The standard InChI is InChI=1S/C13H16N2O4/c1-9(16)12-8-10(15(18)19)2-3-13(12)14-6-4-11(17)5-7-14/h2-3,8,11,17H,4-7H2,1H3. The quantitative estimate of drug-likeness (QED) is 0.511. The van der Waals surface area contributed by atoms with Gasteiger partial charge in [-0.2, -0.15) is 0 Å². The highest BCUT2D eigenvalue weighted by molar-refractivity contribution is 6.00. The smallest absolute Gasteiger partial charge is 0.270 e. The van der Waals surface area contributed by atoms with Crippen molar-refractivity contribution < 1.29 is 14.8 Å². The first-order chi connectivity index (χ1) is 8.99. The topological polar surface area (TPSA) is 83.7 Å². The minimum atomic E-state index is -0.504. The van der Waals surface area contributed by atoms with E-state index in [1.54, 1.807) is 6.07 Å². The summed E-state index contributed by atoms with van der Waals surface area (Å²) < 4.78 is 0. The third-order valence-corrected chi connectivity index (χ3v) is 3.38. The summed E-state index contributed by atoms with van der Waals surface area (Å²) in [6, 6.07) is 4.35. The first-order valence-electron chi connectivity index (χ1n) is 6.21. The Morgan fingerprint density at radius 2 is 2.05 bits per heavy atom. The molecule has 0 radical (unpaired) electrons. The average Bonchev–Trinajstić information content (AvgIpc) is 2.38. The summed E-state index contributed by atoms with van der Waals surface area (Å²) in [6.45, 7) is 2.71. The number of ketones is 1. The fraction of sp³-hybridized carbons (Fsp3) is 0.462. The third-order valence-electron chi connectivity index (χ3n) is 3.38. The van der Waals surface area contributed by atoms with Crippen molar-refractivity contribution in [1.29, 1.82) is 0 Å². The zero-order valence-corrected chi connectivity index (χ0v) is 10.7. The van der Waals surface area contributed by atoms with E-state index in [0.717, 1.165) is 0 Å². The van der Waals surface area contributed by atoms with Gasteiger partial charge in [-0.25, -0.2) is 0 Å². The Morgan fingerprint density at radius 3 is 2.58 bits per heavy atom. The average molecular weight is 264 g/mol. The second-order valence-electron chi connectivity index (χ2n) is 4.73. The Kier molecular flexibility index (Phi) is 3.80. The van der Waals surface area contributed by atoms with E-state index in [4.69, 9.17) is 0 Å². The number of anilines is 1. The highest BCUT2D eigenvalue weighted by atomic mass is 16.6.